The van der Waals surface area contributed by atoms with Gasteiger partial charge in [-0.15, -0.1) is 0 Å². The van der Waals surface area contributed by atoms with E-state index >= 15 is 0 Å². The molecule has 13 rings (SSSR count). The van der Waals surface area contributed by atoms with Crippen LogP contribution < -0.4 is 0 Å². The highest BCUT2D eigenvalue weighted by molar-refractivity contribution is 5.96. The second-order valence-corrected chi connectivity index (χ2v) is 19.7. The molecule has 0 saturated carbocycles. The third-order valence-corrected chi connectivity index (χ3v) is 11.0. The summed E-state index contributed by atoms with van der Waals surface area (Å²) in [6.45, 7) is 30.4. The first-order valence-electron chi connectivity index (χ1n) is 27.5. The first kappa shape index (κ1) is 69.4. The van der Waals surface area contributed by atoms with Gasteiger partial charge in [-0.25, -0.2) is 9.98 Å². The molecule has 4 aliphatic carbocycles. The van der Waals surface area contributed by atoms with Gasteiger partial charge in [0.25, 0.3) is 0 Å². The minimum atomic E-state index is 0.784. The van der Waals surface area contributed by atoms with Crippen LogP contribution in [-0.4, -0.2) is 85.4 Å². The van der Waals surface area contributed by atoms with E-state index in [-0.39, 0.29) is 0 Å². The molecule has 0 aromatic heterocycles. The van der Waals surface area contributed by atoms with Crippen molar-refractivity contribution in [1.82, 2.24) is 0 Å². The third kappa shape index (κ3) is 45.2. The van der Waals surface area contributed by atoms with Crippen molar-refractivity contribution < 1.29 is 0 Å². The van der Waals surface area contributed by atoms with E-state index in [1.165, 1.54) is 68.8 Å². The van der Waals surface area contributed by atoms with E-state index in [0.717, 1.165) is 93.8 Å². The Bertz CT molecular complexity index is 2230. The third-order valence-electron chi connectivity index (χ3n) is 11.0. The first-order chi connectivity index (χ1) is 38.0. The Balaban J connectivity index is 0.000000428. The minimum Gasteiger partial charge on any atom is -0.269 e. The van der Waals surface area contributed by atoms with Gasteiger partial charge in [-0.3, -0.25) is 39.9 Å². The molecule has 0 radical (unpaired) electrons. The lowest BCUT2D eigenvalue weighted by Gasteiger charge is -1.87. The minimum absolute atomic E-state index is 0.784. The van der Waals surface area contributed by atoms with Gasteiger partial charge in [0.05, 0.1) is 13.1 Å². The molecule has 12 heteroatoms. The highest BCUT2D eigenvalue weighted by Gasteiger charge is 1.97. The quantitative estimate of drug-likeness (QED) is 0.227. The zero-order chi connectivity index (χ0) is 58.1. The molecule has 0 atom stereocenters. The number of aliphatic imine (C=N–C) groups is 10. The molecule has 0 bridgehead atoms. The van der Waals surface area contributed by atoms with Crippen LogP contribution in [0.25, 0.3) is 0 Å². The second kappa shape index (κ2) is 46.5. The molecule has 13 aliphatic rings. The Hall–Kier alpha value is -7.60. The van der Waals surface area contributed by atoms with E-state index in [4.69, 9.17) is 0 Å². The van der Waals surface area contributed by atoms with Crippen LogP contribution >= 0.6 is 0 Å². The van der Waals surface area contributed by atoms with Gasteiger partial charge in [-0.1, -0.05) is 113 Å². The number of allylic oxidation sites excluding steroid dienone is 23. The van der Waals surface area contributed by atoms with E-state index in [0.29, 0.717) is 0 Å². The molecule has 422 valence electrons. The van der Waals surface area contributed by atoms with Gasteiger partial charge in [0.1, 0.15) is 12.2 Å². The van der Waals surface area contributed by atoms with E-state index in [1.54, 1.807) is 18.8 Å². The van der Waals surface area contributed by atoms with Crippen molar-refractivity contribution >= 4 is 72.3 Å². The normalized spacial score (nSPS) is 18.6. The van der Waals surface area contributed by atoms with E-state index in [1.807, 2.05) is 97.4 Å². The summed E-state index contributed by atoms with van der Waals surface area (Å²) in [7, 11) is 0. The molecular weight excluding hydrogens is 973 g/mol. The maximum absolute atomic E-state index is 3.97. The van der Waals surface area contributed by atoms with E-state index < -0.39 is 0 Å². The molecule has 9 heterocycles. The summed E-state index contributed by atoms with van der Waals surface area (Å²) in [5.41, 5.74) is 17.1. The van der Waals surface area contributed by atoms with E-state index in [2.05, 4.69) is 201 Å². The monoisotopic (exact) mass is 1070 g/mol. The number of nitrogens with zero attached hydrogens (tertiary/aromatic N) is 12. The van der Waals surface area contributed by atoms with Gasteiger partial charge < -0.3 is 0 Å². The molecule has 79 heavy (non-hydrogen) atoms. The van der Waals surface area contributed by atoms with Crippen molar-refractivity contribution in [3.8, 4) is 0 Å². The average Bonchev–Trinajstić information content (AvgIpc) is 4.21. The van der Waals surface area contributed by atoms with Crippen molar-refractivity contribution in [3.63, 3.8) is 0 Å². The van der Waals surface area contributed by atoms with Gasteiger partial charge >= 0.3 is 0 Å². The van der Waals surface area contributed by atoms with E-state index in [9.17, 15) is 0 Å². The van der Waals surface area contributed by atoms with Gasteiger partial charge in [0.15, 0.2) is 0 Å². The first-order valence-corrected chi connectivity index (χ1v) is 27.5. The highest BCUT2D eigenvalue weighted by atomic mass is 15.2. The van der Waals surface area contributed by atoms with Crippen LogP contribution in [0.15, 0.2) is 226 Å². The van der Waals surface area contributed by atoms with Gasteiger partial charge in [-0.05, 0) is 139 Å². The lowest BCUT2D eigenvalue weighted by Crippen LogP contribution is -1.87. The van der Waals surface area contributed by atoms with Crippen molar-refractivity contribution in [2.24, 2.45) is 60.1 Å². The zero-order valence-corrected chi connectivity index (χ0v) is 50.6. The Morgan fingerprint density at radius 1 is 0.405 bits per heavy atom. The number of hydrogen-bond donors (Lipinski definition) is 0. The van der Waals surface area contributed by atoms with Crippen LogP contribution in [0.3, 0.4) is 0 Å². The number of amidine groups is 1. The average molecular weight is 1070 g/mol. The SMILES string of the molecule is CC1=CC=C(C)C1.CC1=CC=CC1.CC1=CCC=C1.CC1=CCC=C1.CC1=CCC=N1.CC1=CN=CC1.CC1=CN=CC1.CC1=CN=CC1.CC1=NC=CC1.CC1=NC=CC1.CC1=NC=NC1.CC1=NCC=N1.CC1=NN=CC1. The largest absolute Gasteiger partial charge is 0.269 e. The lowest BCUT2D eigenvalue weighted by atomic mass is 10.2. The molecule has 0 N–H and O–H groups in total. The molecule has 0 saturated heterocycles. The van der Waals surface area contributed by atoms with Crippen LogP contribution in [-0.2, 0) is 0 Å². The summed E-state index contributed by atoms with van der Waals surface area (Å²) in [5.74, 6) is 0.898. The summed E-state index contributed by atoms with van der Waals surface area (Å²) >= 11 is 0. The number of hydrogen-bond acceptors (Lipinski definition) is 12. The maximum atomic E-state index is 3.97. The van der Waals surface area contributed by atoms with Gasteiger partial charge in [-0.2, -0.15) is 10.2 Å². The van der Waals surface area contributed by atoms with Gasteiger partial charge in [0.2, 0.25) is 0 Å². The summed E-state index contributed by atoms with van der Waals surface area (Å²) in [6, 6.07) is 0. The van der Waals surface area contributed by atoms with Crippen LogP contribution in [0.4, 0.5) is 0 Å². The Labute approximate surface area is 477 Å². The summed E-state index contributed by atoms with van der Waals surface area (Å²) in [4.78, 5) is 39.0. The van der Waals surface area contributed by atoms with Crippen molar-refractivity contribution in [3.05, 3.63) is 166 Å². The Morgan fingerprint density at radius 2 is 0.949 bits per heavy atom. The summed E-state index contributed by atoms with van der Waals surface area (Å²) in [5, 5.41) is 7.35. The molecule has 0 unspecified atom stereocenters. The highest BCUT2D eigenvalue weighted by Crippen LogP contribution is 2.16. The smallest absolute Gasteiger partial charge is 0.120 e. The molecule has 0 amide bonds. The molecule has 9 aliphatic heterocycles. The predicted octanol–water partition coefficient (Wildman–Crippen LogP) is 18.0. The van der Waals surface area contributed by atoms with Crippen LogP contribution in [0.5, 0.6) is 0 Å². The van der Waals surface area contributed by atoms with Crippen LogP contribution in [0.1, 0.15) is 168 Å². The molecular formula is C67H94N12. The standard InChI is InChI=1S/C7H10.3C6H8.6C5H7N.3C4H6N2/c1-6-3-4-7(2)5-6;3*1-6-4-2-3-5-6;3*1-5-2-3-6-4-5;3*1-5-3-2-4-6-5;1-4-2-5-3-6-4;1-4-5-2-3-6-4;1-4-2-3-5-6-4/h3-4H,5H2,1-2H3;2*2,4-5H,3H2,1H3;2-4H,5H2,1H3;4*3-4H,2H2,1H3;2*2,4H,3H2,1H3;3H,2H2,1H3;2H,3H2,1H3;3H,2H2,1H3. The summed E-state index contributed by atoms with van der Waals surface area (Å²) < 4.78 is 0. The van der Waals surface area contributed by atoms with Crippen molar-refractivity contribution in [2.45, 2.75) is 168 Å². The summed E-state index contributed by atoms with van der Waals surface area (Å²) in [6.07, 6.45) is 64.1. The van der Waals surface area contributed by atoms with Crippen molar-refractivity contribution in [1.29, 1.82) is 0 Å². The molecule has 0 aromatic rings. The molecule has 0 aromatic carbocycles. The predicted molar refractivity (Wildman–Crippen MR) is 355 cm³/mol. The van der Waals surface area contributed by atoms with Gasteiger partial charge in [0, 0.05) is 142 Å². The van der Waals surface area contributed by atoms with Crippen molar-refractivity contribution in [2.75, 3.05) is 13.1 Å². The fraction of sp³-hybridized carbons (Fsp3) is 0.403. The zero-order valence-electron chi connectivity index (χ0n) is 50.6. The lowest BCUT2D eigenvalue weighted by molar-refractivity contribution is 1.15. The fourth-order valence-corrected chi connectivity index (χ4v) is 6.31. The Morgan fingerprint density at radius 3 is 1.06 bits per heavy atom. The molecule has 12 nitrogen and oxygen atoms in total. The second-order valence-electron chi connectivity index (χ2n) is 19.7. The molecule has 0 spiro atoms. The Kier molecular flexibility index (Phi) is 40.9. The molecule has 0 fully saturated rings. The van der Waals surface area contributed by atoms with Crippen LogP contribution in [0.2, 0.25) is 0 Å². The maximum Gasteiger partial charge on any atom is 0.120 e. The number of rotatable bonds is 0. The topological polar surface area (TPSA) is 148 Å². The van der Waals surface area contributed by atoms with Crippen LogP contribution in [0, 0.1) is 0 Å². The fourth-order valence-electron chi connectivity index (χ4n) is 6.31.